The monoisotopic (exact) mass is 259 g/mol. The molecule has 0 aliphatic rings. The zero-order valence-electron chi connectivity index (χ0n) is 12.2. The fourth-order valence-electron chi connectivity index (χ4n) is 1.98. The van der Waals surface area contributed by atoms with Gasteiger partial charge in [-0.15, -0.1) is 0 Å². The molecule has 0 radical (unpaired) electrons. The van der Waals surface area contributed by atoms with Crippen LogP contribution in [0.3, 0.4) is 0 Å². The molecule has 110 valence electrons. The molecule has 0 fully saturated rings. The molecule has 3 heteroatoms. The number of rotatable bonds is 14. The summed E-state index contributed by atoms with van der Waals surface area (Å²) in [6.07, 6.45) is 13.4. The van der Waals surface area contributed by atoms with Crippen LogP contribution in [0.25, 0.3) is 0 Å². The first-order valence-corrected chi connectivity index (χ1v) is 7.75. The Hall–Kier alpha value is -0.120. The topological polar surface area (TPSA) is 55.5 Å². The number of aliphatic hydroxyl groups excluding tert-OH is 1. The van der Waals surface area contributed by atoms with Gasteiger partial charge in [-0.1, -0.05) is 64.7 Å². The molecule has 0 rings (SSSR count). The second kappa shape index (κ2) is 14.9. The van der Waals surface area contributed by atoms with E-state index in [9.17, 15) is 0 Å². The first-order valence-electron chi connectivity index (χ1n) is 7.75. The van der Waals surface area contributed by atoms with Crippen molar-refractivity contribution < 1.29 is 9.84 Å². The second-order valence-corrected chi connectivity index (χ2v) is 5.20. The molecule has 0 aromatic heterocycles. The lowest BCUT2D eigenvalue weighted by Crippen LogP contribution is -2.30. The van der Waals surface area contributed by atoms with E-state index in [-0.39, 0.29) is 12.6 Å². The van der Waals surface area contributed by atoms with Crippen LogP contribution in [0.15, 0.2) is 0 Å². The van der Waals surface area contributed by atoms with E-state index < -0.39 is 0 Å². The SMILES string of the molecule is CCCCCCCCCCCCOC[C@@H](N)CO. The van der Waals surface area contributed by atoms with Gasteiger partial charge in [0.1, 0.15) is 0 Å². The third-order valence-corrected chi connectivity index (χ3v) is 3.21. The van der Waals surface area contributed by atoms with E-state index in [1.807, 2.05) is 0 Å². The molecule has 0 saturated carbocycles. The van der Waals surface area contributed by atoms with E-state index in [1.54, 1.807) is 0 Å². The van der Waals surface area contributed by atoms with E-state index in [0.29, 0.717) is 6.61 Å². The molecule has 0 saturated heterocycles. The molecule has 3 N–H and O–H groups in total. The summed E-state index contributed by atoms with van der Waals surface area (Å²) in [5.74, 6) is 0. The number of unbranched alkanes of at least 4 members (excludes halogenated alkanes) is 9. The number of ether oxygens (including phenoxy) is 1. The first kappa shape index (κ1) is 17.9. The van der Waals surface area contributed by atoms with Crippen molar-refractivity contribution in [2.24, 2.45) is 5.73 Å². The van der Waals surface area contributed by atoms with Crippen LogP contribution in [0.2, 0.25) is 0 Å². The lowest BCUT2D eigenvalue weighted by Gasteiger charge is -2.08. The molecular formula is C15H33NO2. The minimum absolute atomic E-state index is 0.0119. The van der Waals surface area contributed by atoms with Crippen molar-refractivity contribution in [3.8, 4) is 0 Å². The summed E-state index contributed by atoms with van der Waals surface area (Å²) < 4.78 is 5.37. The summed E-state index contributed by atoms with van der Waals surface area (Å²) in [4.78, 5) is 0. The fraction of sp³-hybridized carbons (Fsp3) is 1.00. The Balaban J connectivity index is 2.94. The smallest absolute Gasteiger partial charge is 0.0639 e. The van der Waals surface area contributed by atoms with Crippen molar-refractivity contribution >= 4 is 0 Å². The quantitative estimate of drug-likeness (QED) is 0.471. The molecule has 0 aromatic rings. The van der Waals surface area contributed by atoms with Gasteiger partial charge >= 0.3 is 0 Å². The highest BCUT2D eigenvalue weighted by Crippen LogP contribution is 2.10. The highest BCUT2D eigenvalue weighted by atomic mass is 16.5. The van der Waals surface area contributed by atoms with Gasteiger partial charge in [0.15, 0.2) is 0 Å². The van der Waals surface area contributed by atoms with E-state index in [0.717, 1.165) is 13.0 Å². The molecule has 0 spiro atoms. The van der Waals surface area contributed by atoms with Gasteiger partial charge in [-0.2, -0.15) is 0 Å². The van der Waals surface area contributed by atoms with Crippen molar-refractivity contribution in [2.75, 3.05) is 19.8 Å². The molecule has 0 heterocycles. The lowest BCUT2D eigenvalue weighted by molar-refractivity contribution is 0.0980. The van der Waals surface area contributed by atoms with Gasteiger partial charge in [-0.3, -0.25) is 0 Å². The predicted octanol–water partition coefficient (Wildman–Crippen LogP) is 3.24. The van der Waals surface area contributed by atoms with Gasteiger partial charge in [0.05, 0.1) is 19.3 Å². The number of aliphatic hydroxyl groups is 1. The Morgan fingerprint density at radius 3 is 1.89 bits per heavy atom. The molecule has 0 amide bonds. The summed E-state index contributed by atoms with van der Waals surface area (Å²) in [6.45, 7) is 3.53. The molecule has 18 heavy (non-hydrogen) atoms. The van der Waals surface area contributed by atoms with Gasteiger partial charge in [0, 0.05) is 6.61 Å². The number of hydrogen-bond acceptors (Lipinski definition) is 3. The largest absolute Gasteiger partial charge is 0.395 e. The Labute approximate surface area is 113 Å². The zero-order valence-corrected chi connectivity index (χ0v) is 12.2. The summed E-state index contributed by atoms with van der Waals surface area (Å²) in [6, 6.07) is -0.215. The van der Waals surface area contributed by atoms with Crippen LogP contribution < -0.4 is 5.73 Å². The van der Waals surface area contributed by atoms with Crippen molar-refractivity contribution in [3.63, 3.8) is 0 Å². The Bertz CT molecular complexity index is 153. The summed E-state index contributed by atoms with van der Waals surface area (Å²) in [7, 11) is 0. The molecule has 1 atom stereocenters. The normalized spacial score (nSPS) is 12.8. The van der Waals surface area contributed by atoms with Crippen LogP contribution in [0, 0.1) is 0 Å². The molecule has 0 aliphatic carbocycles. The van der Waals surface area contributed by atoms with Gasteiger partial charge < -0.3 is 15.6 Å². The van der Waals surface area contributed by atoms with Gasteiger partial charge in [0.2, 0.25) is 0 Å². The van der Waals surface area contributed by atoms with Crippen LogP contribution >= 0.6 is 0 Å². The number of hydrogen-bond donors (Lipinski definition) is 2. The van der Waals surface area contributed by atoms with Crippen molar-refractivity contribution in [2.45, 2.75) is 77.2 Å². The average molecular weight is 259 g/mol. The lowest BCUT2D eigenvalue weighted by atomic mass is 10.1. The molecule has 0 aliphatic heterocycles. The van der Waals surface area contributed by atoms with Crippen molar-refractivity contribution in [3.05, 3.63) is 0 Å². The van der Waals surface area contributed by atoms with E-state index in [4.69, 9.17) is 15.6 Å². The minimum Gasteiger partial charge on any atom is -0.395 e. The molecule has 0 aromatic carbocycles. The van der Waals surface area contributed by atoms with Crippen LogP contribution in [0.5, 0.6) is 0 Å². The maximum Gasteiger partial charge on any atom is 0.0639 e. The van der Waals surface area contributed by atoms with Crippen LogP contribution in [-0.2, 0) is 4.74 Å². The third kappa shape index (κ3) is 13.9. The Morgan fingerprint density at radius 1 is 0.889 bits per heavy atom. The third-order valence-electron chi connectivity index (χ3n) is 3.21. The highest BCUT2D eigenvalue weighted by molar-refractivity contribution is 4.55. The molecule has 0 unspecified atom stereocenters. The Morgan fingerprint density at radius 2 is 1.39 bits per heavy atom. The fourth-order valence-corrected chi connectivity index (χ4v) is 1.98. The van der Waals surface area contributed by atoms with E-state index in [1.165, 1.54) is 57.8 Å². The predicted molar refractivity (Wildman–Crippen MR) is 77.7 cm³/mol. The maximum absolute atomic E-state index is 8.71. The average Bonchev–Trinajstić information content (AvgIpc) is 2.39. The van der Waals surface area contributed by atoms with Gasteiger partial charge in [0.25, 0.3) is 0 Å². The molecular weight excluding hydrogens is 226 g/mol. The van der Waals surface area contributed by atoms with Crippen molar-refractivity contribution in [1.29, 1.82) is 0 Å². The van der Waals surface area contributed by atoms with Crippen LogP contribution in [0.4, 0.5) is 0 Å². The van der Waals surface area contributed by atoms with E-state index >= 15 is 0 Å². The minimum atomic E-state index is -0.215. The molecule has 0 bridgehead atoms. The maximum atomic E-state index is 8.71. The number of nitrogens with two attached hydrogens (primary N) is 1. The summed E-state index contributed by atoms with van der Waals surface area (Å²) in [5.41, 5.74) is 5.53. The molecule has 3 nitrogen and oxygen atoms in total. The second-order valence-electron chi connectivity index (χ2n) is 5.20. The highest BCUT2D eigenvalue weighted by Gasteiger charge is 1.99. The van der Waals surface area contributed by atoms with Crippen molar-refractivity contribution in [1.82, 2.24) is 0 Å². The van der Waals surface area contributed by atoms with Gasteiger partial charge in [-0.25, -0.2) is 0 Å². The zero-order chi connectivity index (χ0) is 13.5. The first-order chi connectivity index (χ1) is 8.81. The summed E-state index contributed by atoms with van der Waals surface area (Å²) >= 11 is 0. The van der Waals surface area contributed by atoms with Gasteiger partial charge in [-0.05, 0) is 6.42 Å². The van der Waals surface area contributed by atoms with Crippen LogP contribution in [-0.4, -0.2) is 31.0 Å². The van der Waals surface area contributed by atoms with E-state index in [2.05, 4.69) is 6.92 Å². The standard InChI is InChI=1S/C15H33NO2/c1-2-3-4-5-6-7-8-9-10-11-12-18-14-15(16)13-17/h15,17H,2-14,16H2,1H3/t15-/m0/s1. The van der Waals surface area contributed by atoms with Crippen LogP contribution in [0.1, 0.15) is 71.1 Å². The summed E-state index contributed by atoms with van der Waals surface area (Å²) in [5, 5.41) is 8.71. The Kier molecular flexibility index (Phi) is 14.8.